The molecule has 0 N–H and O–H groups in total. The first kappa shape index (κ1) is 16.8. The van der Waals surface area contributed by atoms with E-state index in [1.54, 1.807) is 37.8 Å². The first-order chi connectivity index (χ1) is 12.7. The summed E-state index contributed by atoms with van der Waals surface area (Å²) in [6, 6.07) is 5.44. The lowest BCUT2D eigenvalue weighted by molar-refractivity contribution is 0.394. The van der Waals surface area contributed by atoms with Gasteiger partial charge in [-0.2, -0.15) is 9.78 Å². The molecule has 2 aromatic heterocycles. The minimum absolute atomic E-state index is 0.113. The lowest BCUT2D eigenvalue weighted by atomic mass is 9.97. The molecule has 0 saturated carbocycles. The molecular weight excluding hydrogens is 350 g/mol. The van der Waals surface area contributed by atoms with Crippen LogP contribution in [0.25, 0.3) is 10.2 Å². The van der Waals surface area contributed by atoms with Crippen molar-refractivity contribution in [2.45, 2.75) is 25.7 Å². The molecular formula is C19H19N3O3S. The molecule has 3 aromatic rings. The summed E-state index contributed by atoms with van der Waals surface area (Å²) in [5.41, 5.74) is 1.81. The van der Waals surface area contributed by atoms with E-state index < -0.39 is 0 Å². The molecule has 1 aromatic carbocycles. The molecule has 26 heavy (non-hydrogen) atoms. The SMILES string of the molecule is COc1ccc(C=Nn2cnc3sc4c(c3c2=O)CCCC4)c(OC)c1. The van der Waals surface area contributed by atoms with E-state index in [4.69, 9.17) is 9.47 Å². The van der Waals surface area contributed by atoms with Crippen molar-refractivity contribution in [1.29, 1.82) is 0 Å². The zero-order valence-corrected chi connectivity index (χ0v) is 15.5. The number of ether oxygens (including phenoxy) is 2. The van der Waals surface area contributed by atoms with Crippen LogP contribution in [0.2, 0.25) is 0 Å². The normalized spacial score (nSPS) is 13.9. The van der Waals surface area contributed by atoms with Crippen LogP contribution in [-0.4, -0.2) is 30.1 Å². The molecule has 1 aliphatic rings. The van der Waals surface area contributed by atoms with E-state index in [0.717, 1.165) is 35.0 Å². The topological polar surface area (TPSA) is 65.7 Å². The second-order valence-electron chi connectivity index (χ2n) is 6.14. The van der Waals surface area contributed by atoms with Crippen molar-refractivity contribution >= 4 is 27.8 Å². The van der Waals surface area contributed by atoms with Gasteiger partial charge in [0.25, 0.3) is 5.56 Å². The second-order valence-corrected chi connectivity index (χ2v) is 7.22. The largest absolute Gasteiger partial charge is 0.497 e. The molecule has 0 aliphatic heterocycles. The number of aryl methyl sites for hydroxylation is 2. The molecule has 0 unspecified atom stereocenters. The fourth-order valence-corrected chi connectivity index (χ4v) is 4.49. The molecule has 0 radical (unpaired) electrons. The predicted octanol–water partition coefficient (Wildman–Crippen LogP) is 3.24. The van der Waals surface area contributed by atoms with Gasteiger partial charge in [0, 0.05) is 16.5 Å². The monoisotopic (exact) mass is 369 g/mol. The first-order valence-electron chi connectivity index (χ1n) is 8.49. The van der Waals surface area contributed by atoms with E-state index in [2.05, 4.69) is 10.1 Å². The Morgan fingerprint density at radius 3 is 2.88 bits per heavy atom. The van der Waals surface area contributed by atoms with Gasteiger partial charge in [-0.3, -0.25) is 4.79 Å². The van der Waals surface area contributed by atoms with Crippen LogP contribution in [0.15, 0.2) is 34.4 Å². The number of hydrogen-bond acceptors (Lipinski definition) is 6. The van der Waals surface area contributed by atoms with Crippen molar-refractivity contribution in [3.63, 3.8) is 0 Å². The van der Waals surface area contributed by atoms with Gasteiger partial charge in [0.2, 0.25) is 0 Å². The molecule has 7 heteroatoms. The minimum Gasteiger partial charge on any atom is -0.497 e. The standard InChI is InChI=1S/C19H19N3O3S/c1-24-13-8-7-12(15(9-13)25-2)10-21-22-11-20-18-17(19(22)23)14-5-3-4-6-16(14)26-18/h7-11H,3-6H2,1-2H3. The van der Waals surface area contributed by atoms with E-state index in [-0.39, 0.29) is 5.56 Å². The van der Waals surface area contributed by atoms with Crippen LogP contribution >= 0.6 is 11.3 Å². The van der Waals surface area contributed by atoms with Gasteiger partial charge in [-0.1, -0.05) is 0 Å². The Morgan fingerprint density at radius 1 is 1.23 bits per heavy atom. The molecule has 4 rings (SSSR count). The van der Waals surface area contributed by atoms with Crippen LogP contribution in [0.4, 0.5) is 0 Å². The summed E-state index contributed by atoms with van der Waals surface area (Å²) >= 11 is 1.64. The lowest BCUT2D eigenvalue weighted by Crippen LogP contribution is -2.18. The summed E-state index contributed by atoms with van der Waals surface area (Å²) in [6.45, 7) is 0. The lowest BCUT2D eigenvalue weighted by Gasteiger charge is -2.09. The summed E-state index contributed by atoms with van der Waals surface area (Å²) in [5, 5.41) is 5.05. The fraction of sp³-hybridized carbons (Fsp3) is 0.316. The van der Waals surface area contributed by atoms with Crippen molar-refractivity contribution in [2.24, 2.45) is 5.10 Å². The highest BCUT2D eigenvalue weighted by atomic mass is 32.1. The van der Waals surface area contributed by atoms with Crippen LogP contribution in [0.1, 0.15) is 28.8 Å². The molecule has 2 heterocycles. The van der Waals surface area contributed by atoms with E-state index in [1.165, 1.54) is 27.9 Å². The highest BCUT2D eigenvalue weighted by molar-refractivity contribution is 7.18. The smallest absolute Gasteiger partial charge is 0.282 e. The Kier molecular flexibility index (Phi) is 4.46. The average molecular weight is 369 g/mol. The highest BCUT2D eigenvalue weighted by Crippen LogP contribution is 2.33. The molecule has 0 fully saturated rings. The molecule has 0 saturated heterocycles. The maximum atomic E-state index is 12.9. The Morgan fingerprint density at radius 2 is 2.08 bits per heavy atom. The van der Waals surface area contributed by atoms with Crippen molar-refractivity contribution in [3.8, 4) is 11.5 Å². The van der Waals surface area contributed by atoms with Crippen LogP contribution in [0.3, 0.4) is 0 Å². The average Bonchev–Trinajstić information content (AvgIpc) is 3.06. The van der Waals surface area contributed by atoms with E-state index >= 15 is 0 Å². The first-order valence-corrected chi connectivity index (χ1v) is 9.31. The van der Waals surface area contributed by atoms with Crippen LogP contribution in [-0.2, 0) is 12.8 Å². The maximum absolute atomic E-state index is 12.9. The third-order valence-electron chi connectivity index (χ3n) is 4.62. The van der Waals surface area contributed by atoms with Crippen molar-refractivity contribution < 1.29 is 9.47 Å². The summed E-state index contributed by atoms with van der Waals surface area (Å²) in [6.07, 6.45) is 7.39. The second kappa shape index (κ2) is 6.92. The van der Waals surface area contributed by atoms with E-state index in [9.17, 15) is 4.79 Å². The van der Waals surface area contributed by atoms with E-state index in [0.29, 0.717) is 11.5 Å². The zero-order valence-electron chi connectivity index (χ0n) is 14.7. The Balaban J connectivity index is 1.75. The van der Waals surface area contributed by atoms with Crippen LogP contribution in [0, 0.1) is 0 Å². The summed E-state index contributed by atoms with van der Waals surface area (Å²) in [4.78, 5) is 19.5. The van der Waals surface area contributed by atoms with Gasteiger partial charge < -0.3 is 9.47 Å². The van der Waals surface area contributed by atoms with Crippen LogP contribution in [0.5, 0.6) is 11.5 Å². The predicted molar refractivity (Wildman–Crippen MR) is 103 cm³/mol. The zero-order chi connectivity index (χ0) is 18.1. The number of hydrogen-bond donors (Lipinski definition) is 0. The number of rotatable bonds is 4. The van der Waals surface area contributed by atoms with Crippen molar-refractivity contribution in [3.05, 3.63) is 50.9 Å². The van der Waals surface area contributed by atoms with Gasteiger partial charge >= 0.3 is 0 Å². The van der Waals surface area contributed by atoms with Crippen LogP contribution < -0.4 is 15.0 Å². The highest BCUT2D eigenvalue weighted by Gasteiger charge is 2.19. The van der Waals surface area contributed by atoms with Gasteiger partial charge in [-0.15, -0.1) is 11.3 Å². The molecule has 0 amide bonds. The molecule has 0 bridgehead atoms. The number of thiophene rings is 1. The fourth-order valence-electron chi connectivity index (χ4n) is 3.27. The van der Waals surface area contributed by atoms with Crippen molar-refractivity contribution in [2.75, 3.05) is 14.2 Å². The molecule has 1 aliphatic carbocycles. The minimum atomic E-state index is -0.113. The molecule has 6 nitrogen and oxygen atoms in total. The molecule has 134 valence electrons. The summed E-state index contributed by atoms with van der Waals surface area (Å²) in [5.74, 6) is 1.33. The Hall–Kier alpha value is -2.67. The number of aromatic nitrogens is 2. The number of nitrogens with zero attached hydrogens (tertiary/aromatic N) is 3. The summed E-state index contributed by atoms with van der Waals surface area (Å²) < 4.78 is 11.9. The van der Waals surface area contributed by atoms with E-state index in [1.807, 2.05) is 12.1 Å². The number of methoxy groups -OCH3 is 2. The van der Waals surface area contributed by atoms with Gasteiger partial charge in [-0.05, 0) is 43.4 Å². The Bertz CT molecular complexity index is 1050. The third-order valence-corrected chi connectivity index (χ3v) is 5.82. The molecule has 0 spiro atoms. The van der Waals surface area contributed by atoms with Crippen molar-refractivity contribution in [1.82, 2.24) is 9.66 Å². The third kappa shape index (κ3) is 2.88. The van der Waals surface area contributed by atoms with Gasteiger partial charge in [-0.25, -0.2) is 4.98 Å². The van der Waals surface area contributed by atoms with Gasteiger partial charge in [0.15, 0.2) is 0 Å². The molecule has 0 atom stereocenters. The van der Waals surface area contributed by atoms with Gasteiger partial charge in [0.1, 0.15) is 22.7 Å². The quantitative estimate of drug-likeness (QED) is 0.662. The van der Waals surface area contributed by atoms with Gasteiger partial charge in [0.05, 0.1) is 25.8 Å². The maximum Gasteiger partial charge on any atom is 0.282 e. The Labute approximate surface area is 154 Å². The number of fused-ring (bicyclic) bond motifs is 3. The number of benzene rings is 1. The summed E-state index contributed by atoms with van der Waals surface area (Å²) in [7, 11) is 3.19.